The van der Waals surface area contributed by atoms with Gasteiger partial charge in [0.25, 0.3) is 5.91 Å². The van der Waals surface area contributed by atoms with Crippen LogP contribution >= 0.6 is 11.6 Å². The van der Waals surface area contributed by atoms with E-state index in [0.717, 1.165) is 5.56 Å². The molecule has 2 aromatic rings. The minimum Gasteiger partial charge on any atom is -0.288 e. The molecule has 0 spiro atoms. The Bertz CT molecular complexity index is 828. The molecular formula is C19H15ClFNO2. The molecule has 0 saturated heterocycles. The van der Waals surface area contributed by atoms with Crippen LogP contribution in [0.4, 0.5) is 4.39 Å². The van der Waals surface area contributed by atoms with Crippen LogP contribution in [0, 0.1) is 5.82 Å². The van der Waals surface area contributed by atoms with E-state index in [1.165, 1.54) is 29.8 Å². The van der Waals surface area contributed by atoms with Crippen molar-refractivity contribution < 1.29 is 14.4 Å². The largest absolute Gasteiger partial charge is 0.288 e. The number of hydroxylamine groups is 1. The number of benzene rings is 2. The molecule has 0 aliphatic rings. The predicted molar refractivity (Wildman–Crippen MR) is 94.9 cm³/mol. The highest BCUT2D eigenvalue weighted by Gasteiger charge is 2.00. The highest BCUT2D eigenvalue weighted by atomic mass is 35.5. The second-order valence-electron chi connectivity index (χ2n) is 4.96. The van der Waals surface area contributed by atoms with Crippen LogP contribution in [0.5, 0.6) is 0 Å². The third kappa shape index (κ3) is 4.91. The van der Waals surface area contributed by atoms with Gasteiger partial charge in [-0.25, -0.2) is 9.87 Å². The summed E-state index contributed by atoms with van der Waals surface area (Å²) in [6.45, 7) is 3.91. The Hall–Kier alpha value is -2.69. The number of carbonyl (C=O) groups excluding carboxylic acids is 1. The van der Waals surface area contributed by atoms with Gasteiger partial charge in [-0.05, 0) is 46.5 Å². The fourth-order valence-corrected chi connectivity index (χ4v) is 2.22. The van der Waals surface area contributed by atoms with E-state index in [9.17, 15) is 9.18 Å². The number of allylic oxidation sites excluding steroid dienone is 2. The molecule has 5 heteroatoms. The second kappa shape index (κ2) is 8.24. The van der Waals surface area contributed by atoms with Crippen LogP contribution in [-0.2, 0) is 4.79 Å². The first-order valence-electron chi connectivity index (χ1n) is 7.04. The molecule has 0 aromatic heterocycles. The third-order valence-electron chi connectivity index (χ3n) is 3.22. The van der Waals surface area contributed by atoms with Gasteiger partial charge in [-0.2, -0.15) is 0 Å². The number of halogens is 2. The van der Waals surface area contributed by atoms with E-state index >= 15 is 0 Å². The van der Waals surface area contributed by atoms with Gasteiger partial charge in [-0.15, -0.1) is 0 Å². The third-order valence-corrected chi connectivity index (χ3v) is 3.55. The maximum Gasteiger partial charge on any atom is 0.267 e. The lowest BCUT2D eigenvalue weighted by molar-refractivity contribution is -0.124. The van der Waals surface area contributed by atoms with Crippen LogP contribution in [-0.4, -0.2) is 11.1 Å². The number of amides is 1. The molecule has 0 aliphatic carbocycles. The summed E-state index contributed by atoms with van der Waals surface area (Å²) in [4.78, 5) is 10.9. The van der Waals surface area contributed by atoms with E-state index in [0.29, 0.717) is 21.7 Å². The number of hydrogen-bond donors (Lipinski definition) is 2. The maximum absolute atomic E-state index is 13.2. The van der Waals surface area contributed by atoms with Gasteiger partial charge in [0, 0.05) is 11.1 Å². The summed E-state index contributed by atoms with van der Waals surface area (Å²) in [6, 6.07) is 11.4. The average molecular weight is 344 g/mol. The van der Waals surface area contributed by atoms with E-state index < -0.39 is 5.91 Å². The van der Waals surface area contributed by atoms with E-state index in [1.807, 2.05) is 0 Å². The molecule has 0 heterocycles. The summed E-state index contributed by atoms with van der Waals surface area (Å²) in [7, 11) is 0. The highest BCUT2D eigenvalue weighted by Crippen LogP contribution is 2.22. The molecular weight excluding hydrogens is 329 g/mol. The highest BCUT2D eigenvalue weighted by molar-refractivity contribution is 6.32. The summed E-state index contributed by atoms with van der Waals surface area (Å²) < 4.78 is 13.2. The van der Waals surface area contributed by atoms with Gasteiger partial charge in [-0.3, -0.25) is 10.0 Å². The SMILES string of the molecule is C=C(/C=C/c1ccc(/C=C/C(=O)NO)cc1Cl)c1cccc(F)c1. The molecule has 0 radical (unpaired) electrons. The van der Waals surface area contributed by atoms with Crippen molar-refractivity contribution in [3.05, 3.63) is 88.7 Å². The second-order valence-corrected chi connectivity index (χ2v) is 5.37. The molecule has 2 N–H and O–H groups in total. The lowest BCUT2D eigenvalue weighted by Gasteiger charge is -2.03. The standard InChI is InChI=1S/C19H15ClFNO2/c1-13(16-3-2-4-17(21)12-16)5-8-15-9-6-14(11-18(15)20)7-10-19(23)22-24/h2-12,24H,1H2,(H,22,23)/b8-5+,10-7+. The average Bonchev–Trinajstić information content (AvgIpc) is 2.58. The van der Waals surface area contributed by atoms with Crippen LogP contribution in [0.25, 0.3) is 17.7 Å². The fourth-order valence-electron chi connectivity index (χ4n) is 1.97. The van der Waals surface area contributed by atoms with Gasteiger partial charge in [0.2, 0.25) is 0 Å². The molecule has 3 nitrogen and oxygen atoms in total. The monoisotopic (exact) mass is 343 g/mol. The molecule has 1 amide bonds. The van der Waals surface area contributed by atoms with Gasteiger partial charge in [0.05, 0.1) is 0 Å². The number of rotatable bonds is 5. The van der Waals surface area contributed by atoms with Crippen molar-refractivity contribution in [2.24, 2.45) is 0 Å². The van der Waals surface area contributed by atoms with Crippen molar-refractivity contribution in [3.63, 3.8) is 0 Å². The smallest absolute Gasteiger partial charge is 0.267 e. The summed E-state index contributed by atoms with van der Waals surface area (Å²) in [6.07, 6.45) is 6.25. The quantitative estimate of drug-likeness (QED) is 0.357. The first-order chi connectivity index (χ1) is 11.5. The van der Waals surface area contributed by atoms with E-state index in [-0.39, 0.29) is 5.82 Å². The Morgan fingerprint density at radius 2 is 1.96 bits per heavy atom. The van der Waals surface area contributed by atoms with Crippen molar-refractivity contribution in [2.45, 2.75) is 0 Å². The Balaban J connectivity index is 2.14. The Labute approximate surface area is 144 Å². The zero-order chi connectivity index (χ0) is 17.5. The summed E-state index contributed by atoms with van der Waals surface area (Å²) in [5, 5.41) is 8.92. The topological polar surface area (TPSA) is 49.3 Å². The minimum atomic E-state index is -0.624. The van der Waals surface area contributed by atoms with Crippen LogP contribution in [0.3, 0.4) is 0 Å². The maximum atomic E-state index is 13.2. The van der Waals surface area contributed by atoms with Crippen LogP contribution in [0.2, 0.25) is 5.02 Å². The molecule has 2 rings (SSSR count). The van der Waals surface area contributed by atoms with Gasteiger partial charge in [-0.1, -0.05) is 54.6 Å². The van der Waals surface area contributed by atoms with E-state index in [4.69, 9.17) is 16.8 Å². The number of hydrogen-bond acceptors (Lipinski definition) is 2. The van der Waals surface area contributed by atoms with Crippen molar-refractivity contribution in [2.75, 3.05) is 0 Å². The molecule has 0 saturated carbocycles. The van der Waals surface area contributed by atoms with Gasteiger partial charge in [0.1, 0.15) is 5.82 Å². The number of nitrogens with one attached hydrogen (secondary N) is 1. The molecule has 2 aromatic carbocycles. The molecule has 122 valence electrons. The number of carbonyl (C=O) groups is 1. The van der Waals surface area contributed by atoms with Crippen molar-refractivity contribution in [3.8, 4) is 0 Å². The zero-order valence-electron chi connectivity index (χ0n) is 12.7. The van der Waals surface area contributed by atoms with Crippen LogP contribution in [0.15, 0.2) is 61.2 Å². The normalized spacial score (nSPS) is 11.1. The molecule has 0 unspecified atom stereocenters. The fraction of sp³-hybridized carbons (Fsp3) is 0. The summed E-state index contributed by atoms with van der Waals surface area (Å²) >= 11 is 6.21. The van der Waals surface area contributed by atoms with E-state index in [1.54, 1.807) is 42.5 Å². The molecule has 24 heavy (non-hydrogen) atoms. The predicted octanol–water partition coefficient (Wildman–Crippen LogP) is 4.72. The first-order valence-corrected chi connectivity index (χ1v) is 7.42. The van der Waals surface area contributed by atoms with Crippen molar-refractivity contribution >= 4 is 35.2 Å². The Kier molecular flexibility index (Phi) is 6.07. The van der Waals surface area contributed by atoms with Crippen molar-refractivity contribution in [1.82, 2.24) is 5.48 Å². The zero-order valence-corrected chi connectivity index (χ0v) is 13.4. The van der Waals surface area contributed by atoms with Gasteiger partial charge < -0.3 is 0 Å². The molecule has 0 bridgehead atoms. The molecule has 0 atom stereocenters. The molecule has 0 aliphatic heterocycles. The Morgan fingerprint density at radius 1 is 1.17 bits per heavy atom. The minimum absolute atomic E-state index is 0.317. The van der Waals surface area contributed by atoms with E-state index in [2.05, 4.69) is 6.58 Å². The van der Waals surface area contributed by atoms with Crippen LogP contribution < -0.4 is 5.48 Å². The molecule has 0 fully saturated rings. The van der Waals surface area contributed by atoms with Crippen molar-refractivity contribution in [1.29, 1.82) is 0 Å². The van der Waals surface area contributed by atoms with Gasteiger partial charge >= 0.3 is 0 Å². The first kappa shape index (κ1) is 17.7. The van der Waals surface area contributed by atoms with Gasteiger partial charge in [0.15, 0.2) is 0 Å². The van der Waals surface area contributed by atoms with Crippen LogP contribution in [0.1, 0.15) is 16.7 Å². The summed E-state index contributed by atoms with van der Waals surface area (Å²) in [5.74, 6) is -0.940. The lowest BCUT2D eigenvalue weighted by atomic mass is 10.0. The lowest BCUT2D eigenvalue weighted by Crippen LogP contribution is -2.14. The Morgan fingerprint density at radius 3 is 2.62 bits per heavy atom. The summed E-state index contributed by atoms with van der Waals surface area (Å²) in [5.41, 5.74) is 4.33.